The molecule has 0 aliphatic carbocycles. The third-order valence-corrected chi connectivity index (χ3v) is 6.88. The van der Waals surface area contributed by atoms with Crippen LogP contribution in [0.4, 0.5) is 5.69 Å². The number of nitrogens with one attached hydrogen (secondary N) is 2. The van der Waals surface area contributed by atoms with Gasteiger partial charge in [-0.15, -0.1) is 0 Å². The second-order valence-corrected chi connectivity index (χ2v) is 9.87. The maximum absolute atomic E-state index is 12.7. The summed E-state index contributed by atoms with van der Waals surface area (Å²) in [6.45, 7) is 5.97. The molecule has 2 N–H and O–H groups in total. The molecule has 3 rings (SSSR count). The maximum atomic E-state index is 12.7. The molecule has 1 heterocycles. The van der Waals surface area contributed by atoms with E-state index in [2.05, 4.69) is 26.9 Å². The zero-order chi connectivity index (χ0) is 22.3. The summed E-state index contributed by atoms with van der Waals surface area (Å²) in [6, 6.07) is 12.5. The van der Waals surface area contributed by atoms with Crippen LogP contribution in [0.2, 0.25) is 5.02 Å². The van der Waals surface area contributed by atoms with Gasteiger partial charge in [-0.05, 0) is 62.8 Å². The minimum absolute atomic E-state index is 0.0233. The van der Waals surface area contributed by atoms with E-state index in [1.165, 1.54) is 18.2 Å². The third-order valence-electron chi connectivity index (χ3n) is 5.27. The second kappa shape index (κ2) is 10.9. The first-order chi connectivity index (χ1) is 14.8. The quantitative estimate of drug-likeness (QED) is 0.557. The summed E-state index contributed by atoms with van der Waals surface area (Å²) in [5, 5.41) is 3.31. The molecule has 0 saturated carbocycles. The summed E-state index contributed by atoms with van der Waals surface area (Å²) in [5.41, 5.74) is 0.677. The van der Waals surface area contributed by atoms with E-state index in [9.17, 15) is 13.2 Å². The highest BCUT2D eigenvalue weighted by Gasteiger charge is 2.17. The average Bonchev–Trinajstić information content (AvgIpc) is 2.74. The monoisotopic (exact) mass is 464 g/mol. The number of rotatable bonds is 9. The third kappa shape index (κ3) is 7.21. The van der Waals surface area contributed by atoms with Crippen molar-refractivity contribution in [2.75, 3.05) is 51.0 Å². The van der Waals surface area contributed by atoms with Crippen LogP contribution in [0.25, 0.3) is 0 Å². The van der Waals surface area contributed by atoms with Crippen molar-refractivity contribution < 1.29 is 13.2 Å². The van der Waals surface area contributed by atoms with E-state index in [0.29, 0.717) is 22.8 Å². The van der Waals surface area contributed by atoms with Gasteiger partial charge in [0, 0.05) is 43.3 Å². The molecule has 1 aliphatic heterocycles. The lowest BCUT2D eigenvalue weighted by Crippen LogP contribution is -2.44. The van der Waals surface area contributed by atoms with E-state index in [0.717, 1.165) is 45.6 Å². The molecule has 1 aliphatic rings. The van der Waals surface area contributed by atoms with E-state index < -0.39 is 10.0 Å². The number of nitrogens with zero attached hydrogens (tertiary/aromatic N) is 2. The van der Waals surface area contributed by atoms with Crippen LogP contribution in [0.1, 0.15) is 23.2 Å². The molecule has 2 aromatic carbocycles. The predicted molar refractivity (Wildman–Crippen MR) is 124 cm³/mol. The Morgan fingerprint density at radius 2 is 1.77 bits per heavy atom. The van der Waals surface area contributed by atoms with E-state index in [4.69, 9.17) is 11.6 Å². The summed E-state index contributed by atoms with van der Waals surface area (Å²) in [7, 11) is -1.69. The van der Waals surface area contributed by atoms with Crippen molar-refractivity contribution >= 4 is 33.2 Å². The molecule has 31 heavy (non-hydrogen) atoms. The number of likely N-dealkylation sites (N-methyl/N-ethyl adjacent to an activating group) is 1. The first-order valence-corrected chi connectivity index (χ1v) is 12.3. The molecule has 0 atom stereocenters. The standard InChI is InChI=1S/C22H29ClN4O3S/c1-26-12-14-27(15-13-26)11-3-2-10-24-22(28)18-6-4-9-21(16-18)31(29,30)25-20-8-5-7-19(23)17-20/h4-9,16-17,25H,2-3,10-15H2,1H3,(H,24,28). The van der Waals surface area contributed by atoms with Gasteiger partial charge < -0.3 is 15.1 Å². The highest BCUT2D eigenvalue weighted by Crippen LogP contribution is 2.20. The van der Waals surface area contributed by atoms with E-state index >= 15 is 0 Å². The normalized spacial score (nSPS) is 15.5. The van der Waals surface area contributed by atoms with Gasteiger partial charge in [0.1, 0.15) is 0 Å². The number of anilines is 1. The van der Waals surface area contributed by atoms with Crippen molar-refractivity contribution in [3.8, 4) is 0 Å². The number of halogens is 1. The first-order valence-electron chi connectivity index (χ1n) is 10.4. The smallest absolute Gasteiger partial charge is 0.261 e. The number of unbranched alkanes of at least 4 members (excludes halogenated alkanes) is 1. The molecule has 1 fully saturated rings. The minimum atomic E-state index is -3.83. The van der Waals surface area contributed by atoms with Gasteiger partial charge >= 0.3 is 0 Å². The van der Waals surface area contributed by atoms with Gasteiger partial charge in [0.15, 0.2) is 0 Å². The van der Waals surface area contributed by atoms with E-state index in [1.807, 2.05) is 0 Å². The topological polar surface area (TPSA) is 81.8 Å². The molecule has 2 aromatic rings. The fraction of sp³-hybridized carbons (Fsp3) is 0.409. The number of hydrogen-bond donors (Lipinski definition) is 2. The van der Waals surface area contributed by atoms with E-state index in [-0.39, 0.29) is 10.8 Å². The predicted octanol–water partition coefficient (Wildman–Crippen LogP) is 2.90. The summed E-state index contributed by atoms with van der Waals surface area (Å²) in [5.74, 6) is -0.278. The van der Waals surface area contributed by atoms with Crippen LogP contribution < -0.4 is 10.0 Å². The van der Waals surface area contributed by atoms with Gasteiger partial charge in [0.2, 0.25) is 0 Å². The Hall–Kier alpha value is -2.13. The zero-order valence-electron chi connectivity index (χ0n) is 17.7. The van der Waals surface area contributed by atoms with Crippen LogP contribution >= 0.6 is 11.6 Å². The highest BCUT2D eigenvalue weighted by molar-refractivity contribution is 7.92. The Morgan fingerprint density at radius 1 is 1.03 bits per heavy atom. The Balaban J connectivity index is 1.49. The molecule has 1 amide bonds. The number of hydrogen-bond acceptors (Lipinski definition) is 5. The molecular weight excluding hydrogens is 436 g/mol. The molecule has 0 spiro atoms. The lowest BCUT2D eigenvalue weighted by Gasteiger charge is -2.32. The lowest BCUT2D eigenvalue weighted by molar-refractivity contribution is 0.0951. The average molecular weight is 465 g/mol. The molecule has 168 valence electrons. The first kappa shape index (κ1) is 23.5. The van der Waals surface area contributed by atoms with Gasteiger partial charge in [-0.25, -0.2) is 8.42 Å². The number of benzene rings is 2. The zero-order valence-corrected chi connectivity index (χ0v) is 19.3. The number of carbonyl (C=O) groups excluding carboxylic acids is 1. The Labute approximate surface area is 189 Å². The molecule has 0 unspecified atom stereocenters. The van der Waals surface area contributed by atoms with Crippen LogP contribution in [0.5, 0.6) is 0 Å². The van der Waals surface area contributed by atoms with Gasteiger partial charge in [-0.1, -0.05) is 23.7 Å². The molecule has 9 heteroatoms. The fourth-order valence-corrected chi connectivity index (χ4v) is 4.69. The number of sulfonamides is 1. The van der Waals surface area contributed by atoms with Gasteiger partial charge in [0.05, 0.1) is 10.6 Å². The molecule has 0 radical (unpaired) electrons. The van der Waals surface area contributed by atoms with Gasteiger partial charge in [-0.3, -0.25) is 9.52 Å². The Kier molecular flexibility index (Phi) is 8.31. The molecule has 1 saturated heterocycles. The molecule has 0 bridgehead atoms. The van der Waals surface area contributed by atoms with Crippen LogP contribution in [-0.2, 0) is 10.0 Å². The van der Waals surface area contributed by atoms with Crippen LogP contribution in [0.3, 0.4) is 0 Å². The molecule has 7 nitrogen and oxygen atoms in total. The summed E-state index contributed by atoms with van der Waals surface area (Å²) in [6.07, 6.45) is 1.90. The SMILES string of the molecule is CN1CCN(CCCCNC(=O)c2cccc(S(=O)(=O)Nc3cccc(Cl)c3)c2)CC1. The van der Waals surface area contributed by atoms with Crippen LogP contribution in [0, 0.1) is 0 Å². The van der Waals surface area contributed by atoms with Gasteiger partial charge in [-0.2, -0.15) is 0 Å². The summed E-state index contributed by atoms with van der Waals surface area (Å²) < 4.78 is 27.8. The fourth-order valence-electron chi connectivity index (χ4n) is 3.41. The number of piperazine rings is 1. The maximum Gasteiger partial charge on any atom is 0.261 e. The van der Waals surface area contributed by atoms with Crippen molar-refractivity contribution in [2.24, 2.45) is 0 Å². The van der Waals surface area contributed by atoms with Gasteiger partial charge in [0.25, 0.3) is 15.9 Å². The molecular formula is C22H29ClN4O3S. The van der Waals surface area contributed by atoms with Crippen molar-refractivity contribution in [3.05, 3.63) is 59.1 Å². The second-order valence-electron chi connectivity index (χ2n) is 7.75. The largest absolute Gasteiger partial charge is 0.352 e. The number of amides is 1. The Morgan fingerprint density at radius 3 is 2.52 bits per heavy atom. The van der Waals surface area contributed by atoms with Crippen molar-refractivity contribution in [2.45, 2.75) is 17.7 Å². The summed E-state index contributed by atoms with van der Waals surface area (Å²) >= 11 is 5.91. The Bertz CT molecular complexity index is 992. The van der Waals surface area contributed by atoms with Crippen LogP contribution in [-0.4, -0.2) is 70.4 Å². The lowest BCUT2D eigenvalue weighted by atomic mass is 10.2. The van der Waals surface area contributed by atoms with Crippen molar-refractivity contribution in [1.82, 2.24) is 15.1 Å². The molecule has 0 aromatic heterocycles. The number of carbonyl (C=O) groups is 1. The van der Waals surface area contributed by atoms with Crippen LogP contribution in [0.15, 0.2) is 53.4 Å². The minimum Gasteiger partial charge on any atom is -0.352 e. The van der Waals surface area contributed by atoms with Crippen molar-refractivity contribution in [3.63, 3.8) is 0 Å². The highest BCUT2D eigenvalue weighted by atomic mass is 35.5. The van der Waals surface area contributed by atoms with Crippen molar-refractivity contribution in [1.29, 1.82) is 0 Å². The van der Waals surface area contributed by atoms with E-state index in [1.54, 1.807) is 30.3 Å². The summed E-state index contributed by atoms with van der Waals surface area (Å²) in [4.78, 5) is 17.3.